The average Bonchev–Trinajstić information content (AvgIpc) is 2.35. The minimum atomic E-state index is -0.984. The van der Waals surface area contributed by atoms with Crippen LogP contribution in [-0.4, -0.2) is 42.9 Å². The molecule has 0 aromatic heterocycles. The third-order valence-electron chi connectivity index (χ3n) is 3.32. The molecule has 1 aliphatic rings. The Kier molecular flexibility index (Phi) is 5.21. The van der Waals surface area contributed by atoms with E-state index in [0.717, 1.165) is 25.7 Å². The predicted molar refractivity (Wildman–Crippen MR) is 61.3 cm³/mol. The van der Waals surface area contributed by atoms with E-state index in [1.165, 1.54) is 12.2 Å². The summed E-state index contributed by atoms with van der Waals surface area (Å²) in [5.41, 5.74) is 0. The van der Waals surface area contributed by atoms with Gasteiger partial charge >= 0.3 is 6.09 Å². The molecule has 0 heterocycles. The van der Waals surface area contributed by atoms with Gasteiger partial charge in [0, 0.05) is 19.5 Å². The lowest BCUT2D eigenvalue weighted by Gasteiger charge is -2.29. The molecule has 0 unspecified atom stereocenters. The van der Waals surface area contributed by atoms with Gasteiger partial charge in [0.15, 0.2) is 0 Å². The van der Waals surface area contributed by atoms with Crippen molar-refractivity contribution in [2.24, 2.45) is 11.8 Å². The number of carbonyl (C=O) groups is 2. The second kappa shape index (κ2) is 6.44. The van der Waals surface area contributed by atoms with E-state index in [-0.39, 0.29) is 11.8 Å². The van der Waals surface area contributed by atoms with Gasteiger partial charge in [0.25, 0.3) is 0 Å². The van der Waals surface area contributed by atoms with Gasteiger partial charge in [-0.25, -0.2) is 9.86 Å². The maximum atomic E-state index is 11.8. The van der Waals surface area contributed by atoms with Crippen LogP contribution >= 0.6 is 0 Å². The summed E-state index contributed by atoms with van der Waals surface area (Å²) in [5, 5.41) is 12.2. The second-order valence-electron chi connectivity index (χ2n) is 4.42. The third kappa shape index (κ3) is 4.22. The lowest BCUT2D eigenvalue weighted by atomic mass is 9.81. The van der Waals surface area contributed by atoms with Crippen LogP contribution < -0.4 is 5.32 Å². The normalized spacial score (nSPS) is 24.1. The third-order valence-corrected chi connectivity index (χ3v) is 3.32. The molecule has 2 amide bonds. The zero-order valence-corrected chi connectivity index (χ0v) is 10.3. The SMILES string of the molecule is CON(C)C(=O)[C@H]1CC[C@H](CNC(=O)O)CC1. The van der Waals surface area contributed by atoms with E-state index in [2.05, 4.69) is 5.32 Å². The number of hydrogen-bond acceptors (Lipinski definition) is 3. The van der Waals surface area contributed by atoms with E-state index in [1.807, 2.05) is 0 Å². The summed E-state index contributed by atoms with van der Waals surface area (Å²) in [6, 6.07) is 0. The van der Waals surface area contributed by atoms with Crippen LogP contribution in [0.3, 0.4) is 0 Å². The van der Waals surface area contributed by atoms with Gasteiger partial charge < -0.3 is 10.4 Å². The number of carbonyl (C=O) groups excluding carboxylic acids is 1. The van der Waals surface area contributed by atoms with Crippen molar-refractivity contribution in [3.8, 4) is 0 Å². The van der Waals surface area contributed by atoms with Crippen LogP contribution in [-0.2, 0) is 9.63 Å². The van der Waals surface area contributed by atoms with E-state index in [1.54, 1.807) is 7.05 Å². The minimum Gasteiger partial charge on any atom is -0.465 e. The Morgan fingerprint density at radius 1 is 1.35 bits per heavy atom. The fourth-order valence-electron chi connectivity index (χ4n) is 2.19. The summed E-state index contributed by atoms with van der Waals surface area (Å²) in [6.45, 7) is 0.483. The molecule has 0 aliphatic heterocycles. The van der Waals surface area contributed by atoms with E-state index >= 15 is 0 Å². The summed E-state index contributed by atoms with van der Waals surface area (Å²) < 4.78 is 0. The molecule has 1 aliphatic carbocycles. The molecule has 98 valence electrons. The van der Waals surface area contributed by atoms with Crippen molar-refractivity contribution in [1.82, 2.24) is 10.4 Å². The van der Waals surface area contributed by atoms with Gasteiger partial charge in [0.1, 0.15) is 0 Å². The number of carboxylic acid groups (broad SMARTS) is 1. The van der Waals surface area contributed by atoms with Gasteiger partial charge in [0.2, 0.25) is 5.91 Å². The van der Waals surface area contributed by atoms with E-state index in [9.17, 15) is 9.59 Å². The van der Waals surface area contributed by atoms with E-state index in [0.29, 0.717) is 12.5 Å². The standard InChI is InChI=1S/C11H20N2O4/c1-13(17-2)10(14)9-5-3-8(4-6-9)7-12-11(15)16/h8-9,12H,3-7H2,1-2H3,(H,15,16)/t8-,9-. The largest absolute Gasteiger partial charge is 0.465 e. The van der Waals surface area contributed by atoms with Gasteiger partial charge in [-0.3, -0.25) is 9.63 Å². The highest BCUT2D eigenvalue weighted by atomic mass is 16.7. The number of hydrogen-bond donors (Lipinski definition) is 2. The molecule has 17 heavy (non-hydrogen) atoms. The van der Waals surface area contributed by atoms with Gasteiger partial charge in [-0.05, 0) is 31.6 Å². The molecule has 1 rings (SSSR count). The Morgan fingerprint density at radius 2 is 1.94 bits per heavy atom. The fourth-order valence-corrected chi connectivity index (χ4v) is 2.19. The summed E-state index contributed by atoms with van der Waals surface area (Å²) >= 11 is 0. The molecule has 0 spiro atoms. The molecule has 0 bridgehead atoms. The zero-order valence-electron chi connectivity index (χ0n) is 10.3. The van der Waals surface area contributed by atoms with Gasteiger partial charge in [-0.1, -0.05) is 0 Å². The predicted octanol–water partition coefficient (Wildman–Crippen LogP) is 1.08. The number of hydroxylamine groups is 2. The molecule has 6 nitrogen and oxygen atoms in total. The lowest BCUT2D eigenvalue weighted by Crippen LogP contribution is -2.36. The molecule has 0 aromatic carbocycles. The maximum absolute atomic E-state index is 11.8. The highest BCUT2D eigenvalue weighted by Gasteiger charge is 2.28. The Labute approximate surface area is 101 Å². The van der Waals surface area contributed by atoms with E-state index < -0.39 is 6.09 Å². The molecule has 0 saturated heterocycles. The van der Waals surface area contributed by atoms with Crippen LogP contribution in [0.15, 0.2) is 0 Å². The highest BCUT2D eigenvalue weighted by Crippen LogP contribution is 2.29. The first kappa shape index (κ1) is 13.8. The smallest absolute Gasteiger partial charge is 0.404 e. The van der Waals surface area contributed by atoms with Crippen molar-refractivity contribution in [2.45, 2.75) is 25.7 Å². The number of rotatable bonds is 4. The highest BCUT2D eigenvalue weighted by molar-refractivity contribution is 5.77. The minimum absolute atomic E-state index is 0.0112. The first-order valence-corrected chi connectivity index (χ1v) is 5.83. The van der Waals surface area contributed by atoms with Crippen molar-refractivity contribution in [2.75, 3.05) is 20.7 Å². The molecular weight excluding hydrogens is 224 g/mol. The zero-order chi connectivity index (χ0) is 12.8. The van der Waals surface area contributed by atoms with Crippen LogP contribution in [0, 0.1) is 11.8 Å². The number of amides is 2. The summed E-state index contributed by atoms with van der Waals surface area (Å²) in [4.78, 5) is 27.0. The van der Waals surface area contributed by atoms with E-state index in [4.69, 9.17) is 9.94 Å². The van der Waals surface area contributed by atoms with Crippen LogP contribution in [0.1, 0.15) is 25.7 Å². The Morgan fingerprint density at radius 3 is 2.41 bits per heavy atom. The van der Waals surface area contributed by atoms with Crippen molar-refractivity contribution in [3.63, 3.8) is 0 Å². The van der Waals surface area contributed by atoms with Gasteiger partial charge in [-0.2, -0.15) is 0 Å². The molecule has 0 radical (unpaired) electrons. The molecule has 1 saturated carbocycles. The van der Waals surface area contributed by atoms with Crippen molar-refractivity contribution in [1.29, 1.82) is 0 Å². The summed E-state index contributed by atoms with van der Waals surface area (Å²) in [5.74, 6) is 0.376. The molecular formula is C11H20N2O4. The lowest BCUT2D eigenvalue weighted by molar-refractivity contribution is -0.174. The Bertz CT molecular complexity index is 275. The molecule has 1 fully saturated rings. The van der Waals surface area contributed by atoms with Crippen LogP contribution in [0.2, 0.25) is 0 Å². The number of nitrogens with zero attached hydrogens (tertiary/aromatic N) is 1. The van der Waals surface area contributed by atoms with Crippen molar-refractivity contribution in [3.05, 3.63) is 0 Å². The van der Waals surface area contributed by atoms with Crippen LogP contribution in [0.5, 0.6) is 0 Å². The first-order valence-electron chi connectivity index (χ1n) is 5.83. The summed E-state index contributed by atoms with van der Waals surface area (Å²) in [7, 11) is 3.08. The first-order chi connectivity index (χ1) is 8.04. The van der Waals surface area contributed by atoms with Crippen molar-refractivity contribution >= 4 is 12.0 Å². The van der Waals surface area contributed by atoms with Crippen LogP contribution in [0.25, 0.3) is 0 Å². The second-order valence-corrected chi connectivity index (χ2v) is 4.42. The monoisotopic (exact) mass is 244 g/mol. The van der Waals surface area contributed by atoms with Crippen LogP contribution in [0.4, 0.5) is 4.79 Å². The summed E-state index contributed by atoms with van der Waals surface area (Å²) in [6.07, 6.45) is 2.39. The maximum Gasteiger partial charge on any atom is 0.404 e. The van der Waals surface area contributed by atoms with Crippen molar-refractivity contribution < 1.29 is 19.5 Å². The molecule has 2 N–H and O–H groups in total. The van der Waals surface area contributed by atoms with Gasteiger partial charge in [0.05, 0.1) is 7.11 Å². The molecule has 0 atom stereocenters. The molecule has 0 aromatic rings. The number of nitrogens with one attached hydrogen (secondary N) is 1. The Balaban J connectivity index is 2.30. The quantitative estimate of drug-likeness (QED) is 0.725. The molecule has 6 heteroatoms. The Hall–Kier alpha value is -1.30. The average molecular weight is 244 g/mol. The van der Waals surface area contributed by atoms with Gasteiger partial charge in [-0.15, -0.1) is 0 Å². The topological polar surface area (TPSA) is 78.9 Å². The fraction of sp³-hybridized carbons (Fsp3) is 0.818.